The molecule has 136 valence electrons. The minimum atomic E-state index is -4.84. The number of nitriles is 1. The number of amidine groups is 1. The van der Waals surface area contributed by atoms with E-state index in [1.54, 1.807) is 12.4 Å². The maximum atomic E-state index is 13.4. The minimum Gasteiger partial charge on any atom is -0.456 e. The Balaban J connectivity index is 3.51. The molecule has 0 radical (unpaired) electrons. The van der Waals surface area contributed by atoms with Crippen molar-refractivity contribution in [2.75, 3.05) is 6.26 Å². The van der Waals surface area contributed by atoms with Crippen molar-refractivity contribution >= 4 is 40.2 Å². The summed E-state index contributed by atoms with van der Waals surface area (Å²) in [6, 6.07) is 1.78. The fraction of sp³-hybridized carbons (Fsp3) is 0.400. The second-order valence-corrected chi connectivity index (χ2v) is 6.91. The first-order chi connectivity index (χ1) is 11.4. The molecular formula is C15H15ClF3N3O2S. The van der Waals surface area contributed by atoms with Gasteiger partial charge in [0, 0.05) is 0 Å². The van der Waals surface area contributed by atoms with Gasteiger partial charge < -0.3 is 4.74 Å². The first kappa shape index (κ1) is 21.1. The Hall–Kier alpha value is -1.92. The number of halogens is 4. The third kappa shape index (κ3) is 6.14. The zero-order valence-electron chi connectivity index (χ0n) is 13.8. The second-order valence-electron chi connectivity index (χ2n) is 5.71. The molecule has 0 bridgehead atoms. The smallest absolute Gasteiger partial charge is 0.417 e. The van der Waals surface area contributed by atoms with E-state index in [1.807, 2.05) is 0 Å². The maximum absolute atomic E-state index is 13.4. The van der Waals surface area contributed by atoms with Crippen LogP contribution in [0.1, 0.15) is 36.7 Å². The van der Waals surface area contributed by atoms with Gasteiger partial charge in [0.1, 0.15) is 5.60 Å². The Morgan fingerprint density at radius 3 is 2.40 bits per heavy atom. The lowest BCUT2D eigenvalue weighted by Crippen LogP contribution is -2.26. The van der Waals surface area contributed by atoms with Crippen LogP contribution >= 0.6 is 23.4 Å². The van der Waals surface area contributed by atoms with Crippen LogP contribution in [0.5, 0.6) is 0 Å². The number of alkyl halides is 3. The molecule has 1 rings (SSSR count). The first-order valence-corrected chi connectivity index (χ1v) is 8.41. The highest BCUT2D eigenvalue weighted by molar-refractivity contribution is 8.13. The molecule has 0 aliphatic rings. The molecule has 5 nitrogen and oxygen atoms in total. The minimum absolute atomic E-state index is 0.0803. The quantitative estimate of drug-likeness (QED) is 0.258. The molecule has 10 heteroatoms. The number of nitrogens with one attached hydrogen (secondary N) is 1. The predicted molar refractivity (Wildman–Crippen MR) is 91.0 cm³/mol. The number of benzene rings is 1. The Morgan fingerprint density at radius 2 is 1.96 bits per heavy atom. The molecule has 1 aromatic rings. The number of hydrogen-bond donors (Lipinski definition) is 1. The van der Waals surface area contributed by atoms with Crippen molar-refractivity contribution < 1.29 is 22.7 Å². The molecule has 0 fully saturated rings. The van der Waals surface area contributed by atoms with Crippen LogP contribution in [0.3, 0.4) is 0 Å². The van der Waals surface area contributed by atoms with E-state index in [1.165, 1.54) is 20.8 Å². The van der Waals surface area contributed by atoms with Gasteiger partial charge in [-0.05, 0) is 39.2 Å². The van der Waals surface area contributed by atoms with Gasteiger partial charge in [0.25, 0.3) is 0 Å². The summed E-state index contributed by atoms with van der Waals surface area (Å²) in [7, 11) is 0. The largest absolute Gasteiger partial charge is 0.456 e. The topological polar surface area (TPSA) is 74.5 Å². The summed E-state index contributed by atoms with van der Waals surface area (Å²) in [5.74, 6) is -1.18. The zero-order valence-corrected chi connectivity index (χ0v) is 15.4. The van der Waals surface area contributed by atoms with E-state index in [2.05, 4.69) is 10.3 Å². The summed E-state index contributed by atoms with van der Waals surface area (Å²) < 4.78 is 45.1. The lowest BCUT2D eigenvalue weighted by atomic mass is 10.1. The van der Waals surface area contributed by atoms with Crippen molar-refractivity contribution in [3.8, 4) is 6.19 Å². The number of carbonyl (C=O) groups is 1. The van der Waals surface area contributed by atoms with Gasteiger partial charge in [-0.25, -0.2) is 9.79 Å². The van der Waals surface area contributed by atoms with Crippen LogP contribution in [0, 0.1) is 11.5 Å². The molecule has 0 aliphatic carbocycles. The Kier molecular flexibility index (Phi) is 6.74. The molecule has 0 heterocycles. The van der Waals surface area contributed by atoms with E-state index in [4.69, 9.17) is 21.6 Å². The van der Waals surface area contributed by atoms with E-state index in [9.17, 15) is 18.0 Å². The highest BCUT2D eigenvalue weighted by Crippen LogP contribution is 2.39. The highest BCUT2D eigenvalue weighted by Gasteiger charge is 2.38. The van der Waals surface area contributed by atoms with E-state index >= 15 is 0 Å². The molecule has 0 atom stereocenters. The first-order valence-electron chi connectivity index (χ1n) is 6.81. The number of esters is 1. The molecule has 0 saturated heterocycles. The van der Waals surface area contributed by atoms with Gasteiger partial charge in [0.05, 0.1) is 21.8 Å². The third-order valence-electron chi connectivity index (χ3n) is 2.57. The summed E-state index contributed by atoms with van der Waals surface area (Å²) in [6.45, 7) is 4.59. The van der Waals surface area contributed by atoms with Gasteiger partial charge in [-0.15, -0.1) is 0 Å². The van der Waals surface area contributed by atoms with Crippen LogP contribution < -0.4 is 5.32 Å². The van der Waals surface area contributed by atoms with E-state index in [0.717, 1.165) is 17.8 Å². The van der Waals surface area contributed by atoms with Crippen molar-refractivity contribution in [2.45, 2.75) is 32.5 Å². The van der Waals surface area contributed by atoms with Crippen molar-refractivity contribution in [3.05, 3.63) is 28.3 Å². The Morgan fingerprint density at radius 1 is 1.36 bits per heavy atom. The van der Waals surface area contributed by atoms with Crippen LogP contribution in [-0.4, -0.2) is 23.0 Å². The molecule has 25 heavy (non-hydrogen) atoms. The molecule has 0 aromatic heterocycles. The number of carbonyl (C=O) groups excluding carboxylic acids is 1. The van der Waals surface area contributed by atoms with Gasteiger partial charge >= 0.3 is 12.1 Å². The van der Waals surface area contributed by atoms with Crippen LogP contribution in [0.25, 0.3) is 0 Å². The summed E-state index contributed by atoms with van der Waals surface area (Å²) >= 11 is 6.93. The molecule has 0 spiro atoms. The fourth-order valence-electron chi connectivity index (χ4n) is 1.71. The van der Waals surface area contributed by atoms with E-state index in [0.29, 0.717) is 6.07 Å². The fourth-order valence-corrected chi connectivity index (χ4v) is 2.34. The number of hydrogen-bond acceptors (Lipinski definition) is 5. The average molecular weight is 394 g/mol. The van der Waals surface area contributed by atoms with E-state index in [-0.39, 0.29) is 10.9 Å². The average Bonchev–Trinajstić information content (AvgIpc) is 2.43. The summed E-state index contributed by atoms with van der Waals surface area (Å²) in [6.07, 6.45) is -1.63. The normalized spacial score (nSPS) is 12.5. The summed E-state index contributed by atoms with van der Waals surface area (Å²) in [5.41, 5.74) is -3.17. The number of rotatable bonds is 2. The van der Waals surface area contributed by atoms with Gasteiger partial charge in [-0.1, -0.05) is 23.4 Å². The molecule has 1 N–H and O–H groups in total. The van der Waals surface area contributed by atoms with Crippen LogP contribution in [0.2, 0.25) is 5.02 Å². The molecule has 1 aromatic carbocycles. The number of ether oxygens (including phenoxy) is 1. The number of thioether (sulfide) groups is 1. The van der Waals surface area contributed by atoms with Gasteiger partial charge in [0.15, 0.2) is 11.4 Å². The number of nitrogens with zero attached hydrogens (tertiary/aromatic N) is 2. The van der Waals surface area contributed by atoms with E-state index < -0.39 is 33.9 Å². The maximum Gasteiger partial charge on any atom is 0.417 e. The van der Waals surface area contributed by atoms with Crippen molar-refractivity contribution in [1.29, 1.82) is 5.26 Å². The standard InChI is InChI=1S/C15H15ClF3N3O2S/c1-14(2,3)24-12(23)11-9(15(17,18)19)5-8(6-10(11)16)22-13(25-4)21-7-20/h5-6H,1-4H3,(H,21,22). The molecule has 0 amide bonds. The third-order valence-corrected chi connectivity index (χ3v) is 3.45. The van der Waals surface area contributed by atoms with Crippen molar-refractivity contribution in [2.24, 2.45) is 4.99 Å². The molecular weight excluding hydrogens is 379 g/mol. The summed E-state index contributed by atoms with van der Waals surface area (Å²) in [5, 5.41) is 10.5. The van der Waals surface area contributed by atoms with Gasteiger partial charge in [0.2, 0.25) is 0 Å². The molecule has 0 aliphatic heterocycles. The monoisotopic (exact) mass is 393 g/mol. The summed E-state index contributed by atoms with van der Waals surface area (Å²) in [4.78, 5) is 16.0. The zero-order chi connectivity index (χ0) is 19.4. The molecule has 0 saturated carbocycles. The van der Waals surface area contributed by atoms with Crippen molar-refractivity contribution in [3.63, 3.8) is 0 Å². The van der Waals surface area contributed by atoms with Crippen LogP contribution in [0.15, 0.2) is 17.1 Å². The van der Waals surface area contributed by atoms with Crippen LogP contribution in [0.4, 0.5) is 18.9 Å². The van der Waals surface area contributed by atoms with Crippen molar-refractivity contribution in [1.82, 2.24) is 5.32 Å². The SMILES string of the molecule is CSC(=Nc1cc(Cl)c(C(=O)OC(C)(C)C)c(C(F)(F)F)c1)NC#N. The Bertz CT molecular complexity index is 737. The van der Waals surface area contributed by atoms with Crippen LogP contribution in [-0.2, 0) is 10.9 Å². The number of aliphatic imine (C=N–C) groups is 1. The highest BCUT2D eigenvalue weighted by atomic mass is 35.5. The predicted octanol–water partition coefficient (Wildman–Crippen LogP) is 4.74. The van der Waals surface area contributed by atoms with Gasteiger partial charge in [-0.3, -0.25) is 5.32 Å². The van der Waals surface area contributed by atoms with Gasteiger partial charge in [-0.2, -0.15) is 18.4 Å². The lowest BCUT2D eigenvalue weighted by molar-refractivity contribution is -0.138. The molecule has 0 unspecified atom stereocenters. The lowest BCUT2D eigenvalue weighted by Gasteiger charge is -2.22. The second kappa shape index (κ2) is 7.97. The Labute approximate surface area is 152 Å².